The molecule has 270 valence electrons. The largest absolute Gasteiger partial charge is 0.453 e. The van der Waals surface area contributed by atoms with Gasteiger partial charge in [-0.05, 0) is 78.2 Å². The number of hydrogen-bond acceptors (Lipinski definition) is 5. The Hall–Kier alpha value is -7.70. The normalized spacial score (nSPS) is 13.0. The number of nitrogens with zero attached hydrogens (tertiary/aromatic N) is 4. The molecular weight excluding hydrogens is 701 g/mol. The van der Waals surface area contributed by atoms with Gasteiger partial charge in [0.1, 0.15) is 5.69 Å². The molecule has 0 saturated heterocycles. The van der Waals surface area contributed by atoms with Gasteiger partial charge in [0.2, 0.25) is 5.95 Å². The van der Waals surface area contributed by atoms with Crippen molar-refractivity contribution < 1.29 is 9.47 Å². The Morgan fingerprint density at radius 3 is 2.04 bits per heavy atom. The van der Waals surface area contributed by atoms with E-state index in [-0.39, 0.29) is 0 Å². The maximum Gasteiger partial charge on any atom is 0.235 e. The summed E-state index contributed by atoms with van der Waals surface area (Å²) in [6.07, 6.45) is 12.3. The van der Waals surface area contributed by atoms with Crippen LogP contribution in [-0.2, 0) is 0 Å². The van der Waals surface area contributed by atoms with Gasteiger partial charge < -0.3 is 9.47 Å². The van der Waals surface area contributed by atoms with Gasteiger partial charge in [0, 0.05) is 22.4 Å². The van der Waals surface area contributed by atoms with E-state index in [2.05, 4.69) is 125 Å². The van der Waals surface area contributed by atoms with Gasteiger partial charge in [0.05, 0.1) is 39.0 Å². The first-order valence-electron chi connectivity index (χ1n) is 19.1. The van der Waals surface area contributed by atoms with E-state index in [0.29, 0.717) is 11.7 Å². The molecule has 2 aliphatic rings. The van der Waals surface area contributed by atoms with Crippen LogP contribution in [0.1, 0.15) is 12.5 Å². The van der Waals surface area contributed by atoms with Gasteiger partial charge in [-0.15, -0.1) is 0 Å². The van der Waals surface area contributed by atoms with Crippen molar-refractivity contribution in [1.29, 1.82) is 0 Å². The van der Waals surface area contributed by atoms with Crippen molar-refractivity contribution in [3.63, 3.8) is 0 Å². The average Bonchev–Trinajstić information content (AvgIpc) is 3.60. The van der Waals surface area contributed by atoms with Crippen LogP contribution >= 0.6 is 0 Å². The lowest BCUT2D eigenvalue weighted by molar-refractivity contribution is 0.450. The maximum atomic E-state index is 6.90. The highest BCUT2D eigenvalue weighted by Crippen LogP contribution is 2.62. The van der Waals surface area contributed by atoms with Crippen molar-refractivity contribution >= 4 is 55.8 Å². The molecule has 0 unspecified atom stereocenters. The molecule has 0 bridgehead atoms. The van der Waals surface area contributed by atoms with Crippen molar-refractivity contribution in [2.45, 2.75) is 6.92 Å². The molecule has 0 N–H and O–H groups in total. The van der Waals surface area contributed by atoms with Gasteiger partial charge in [-0.3, -0.25) is 9.47 Å². The highest BCUT2D eigenvalue weighted by molar-refractivity contribution is 6.17. The molecule has 11 rings (SSSR count). The Kier molecular flexibility index (Phi) is 7.60. The number of allylic oxidation sites excluding steroid dienone is 5. The third kappa shape index (κ3) is 5.34. The summed E-state index contributed by atoms with van der Waals surface area (Å²) in [5.74, 6) is 3.55. The van der Waals surface area contributed by atoms with E-state index in [1.807, 2.05) is 79.8 Å². The third-order valence-electron chi connectivity index (χ3n) is 10.7. The molecule has 9 aromatic rings. The lowest BCUT2D eigenvalue weighted by atomic mass is 9.96. The number of rotatable bonds is 6. The van der Waals surface area contributed by atoms with E-state index >= 15 is 0 Å². The monoisotopic (exact) mass is 734 g/mol. The van der Waals surface area contributed by atoms with Gasteiger partial charge >= 0.3 is 0 Å². The van der Waals surface area contributed by atoms with Crippen LogP contribution in [0.5, 0.6) is 23.0 Å². The van der Waals surface area contributed by atoms with Crippen LogP contribution in [0, 0.1) is 0 Å². The van der Waals surface area contributed by atoms with Crippen LogP contribution in [-0.4, -0.2) is 14.5 Å². The van der Waals surface area contributed by atoms with Crippen molar-refractivity contribution in [1.82, 2.24) is 14.5 Å². The van der Waals surface area contributed by atoms with Crippen molar-refractivity contribution in [2.75, 3.05) is 4.90 Å². The van der Waals surface area contributed by atoms with Crippen molar-refractivity contribution in [3.05, 3.63) is 188 Å². The molecule has 4 heterocycles. The molecule has 7 aromatic carbocycles. The maximum absolute atomic E-state index is 6.90. The van der Waals surface area contributed by atoms with Crippen molar-refractivity contribution in [3.8, 4) is 51.3 Å². The number of benzene rings is 7. The molecule has 6 nitrogen and oxygen atoms in total. The zero-order valence-electron chi connectivity index (χ0n) is 31.0. The first-order chi connectivity index (χ1) is 28.2. The zero-order valence-corrected chi connectivity index (χ0v) is 31.0. The van der Waals surface area contributed by atoms with Crippen molar-refractivity contribution in [2.24, 2.45) is 0 Å². The molecular formula is C51H34N4O2. The molecule has 2 aliphatic heterocycles. The fourth-order valence-electron chi connectivity index (χ4n) is 8.19. The Balaban J connectivity index is 1.17. The molecule has 0 atom stereocenters. The van der Waals surface area contributed by atoms with E-state index in [9.17, 15) is 0 Å². The van der Waals surface area contributed by atoms with Crippen LogP contribution in [0.2, 0.25) is 0 Å². The fraction of sp³-hybridized carbons (Fsp3) is 0.0196. The highest BCUT2D eigenvalue weighted by Gasteiger charge is 2.37. The molecule has 0 aliphatic carbocycles. The summed E-state index contributed by atoms with van der Waals surface area (Å²) in [5.41, 5.74) is 10.7. The summed E-state index contributed by atoms with van der Waals surface area (Å²) in [6, 6.07) is 52.3. The second-order valence-corrected chi connectivity index (χ2v) is 14.1. The Morgan fingerprint density at radius 2 is 1.21 bits per heavy atom. The predicted molar refractivity (Wildman–Crippen MR) is 233 cm³/mol. The molecule has 2 aromatic heterocycles. The minimum absolute atomic E-state index is 0.558. The molecule has 0 spiro atoms. The molecule has 0 saturated carbocycles. The minimum atomic E-state index is 0.558. The van der Waals surface area contributed by atoms with Gasteiger partial charge in [-0.1, -0.05) is 127 Å². The van der Waals surface area contributed by atoms with E-state index in [0.717, 1.165) is 95.0 Å². The third-order valence-corrected chi connectivity index (χ3v) is 10.7. The first-order valence-corrected chi connectivity index (χ1v) is 19.1. The van der Waals surface area contributed by atoms with E-state index < -0.39 is 0 Å². The Morgan fingerprint density at radius 1 is 0.526 bits per heavy atom. The van der Waals surface area contributed by atoms with Crippen LogP contribution in [0.3, 0.4) is 0 Å². The number of para-hydroxylation sites is 6. The lowest BCUT2D eigenvalue weighted by Crippen LogP contribution is -2.20. The second kappa shape index (κ2) is 13.3. The van der Waals surface area contributed by atoms with E-state index in [1.54, 1.807) is 0 Å². The van der Waals surface area contributed by atoms with Crippen LogP contribution < -0.4 is 14.4 Å². The summed E-state index contributed by atoms with van der Waals surface area (Å²) < 4.78 is 15.8. The lowest BCUT2D eigenvalue weighted by Gasteiger charge is -2.38. The first kappa shape index (κ1) is 32.7. The summed E-state index contributed by atoms with van der Waals surface area (Å²) in [4.78, 5) is 13.0. The molecule has 0 fully saturated rings. The minimum Gasteiger partial charge on any atom is -0.453 e. The quantitative estimate of drug-likeness (QED) is 0.159. The number of fused-ring (bicyclic) bond motifs is 9. The second-order valence-electron chi connectivity index (χ2n) is 14.1. The molecule has 57 heavy (non-hydrogen) atoms. The predicted octanol–water partition coefficient (Wildman–Crippen LogP) is 13.9. The fourth-order valence-corrected chi connectivity index (χ4v) is 8.19. The van der Waals surface area contributed by atoms with E-state index in [1.165, 1.54) is 0 Å². The molecule has 6 heteroatoms. The average molecular weight is 735 g/mol. The number of hydrogen-bond donors (Lipinski definition) is 0. The van der Waals surface area contributed by atoms with Crippen LogP contribution in [0.4, 0.5) is 17.1 Å². The highest BCUT2D eigenvalue weighted by atomic mass is 16.5. The van der Waals surface area contributed by atoms with Gasteiger partial charge in [0.15, 0.2) is 23.0 Å². The van der Waals surface area contributed by atoms with Crippen LogP contribution in [0.25, 0.3) is 67.1 Å². The summed E-state index contributed by atoms with van der Waals surface area (Å²) >= 11 is 0. The summed E-state index contributed by atoms with van der Waals surface area (Å²) in [7, 11) is 0. The number of aromatic nitrogens is 3. The van der Waals surface area contributed by atoms with E-state index in [4.69, 9.17) is 19.4 Å². The standard InChI is InChI=1S/C51H34N4O2/c1-2-3-4-5-7-18-33-29-35(34-19-8-6-9-20-34)31-36(30-33)48-37-21-10-12-23-39(37)52-51(53-48)55-40-24-13-11-22-38(40)47-43(55)32-46-49-50(47)57-45-28-17-15-26-42(45)54(49)41-25-14-16-27-44(41)56-46/h2-32H,1H3/b3-2-,5-4-,18-7+. The van der Waals surface area contributed by atoms with Crippen LogP contribution in [0.15, 0.2) is 182 Å². The smallest absolute Gasteiger partial charge is 0.235 e. The summed E-state index contributed by atoms with van der Waals surface area (Å²) in [6.45, 7) is 2.01. The SMILES string of the molecule is C\C=C/C=C\C=C\c1cc(-c2ccccc2)cc(-c2nc(-n3c4ccccc4c4c5c6c(cc43)Oc3ccccc3N6c3ccccc3O5)nc3ccccc23)c1. The Bertz CT molecular complexity index is 3150. The number of anilines is 3. The molecule has 0 amide bonds. The topological polar surface area (TPSA) is 52.4 Å². The van der Waals surface area contributed by atoms with Gasteiger partial charge in [-0.25, -0.2) is 9.97 Å². The summed E-state index contributed by atoms with van der Waals surface area (Å²) in [5, 5.41) is 2.97. The van der Waals surface area contributed by atoms with Gasteiger partial charge in [-0.2, -0.15) is 0 Å². The Labute approximate surface area is 329 Å². The molecule has 0 radical (unpaired) electrons. The number of ether oxygens (including phenoxy) is 2. The van der Waals surface area contributed by atoms with Gasteiger partial charge in [0.25, 0.3) is 0 Å². The zero-order chi connectivity index (χ0) is 37.9.